The number of likely N-dealkylation sites (N-methyl/N-ethyl adjacent to an activating group) is 1. The third-order valence-electron chi connectivity index (χ3n) is 4.50. The summed E-state index contributed by atoms with van der Waals surface area (Å²) < 4.78 is 32.3. The summed E-state index contributed by atoms with van der Waals surface area (Å²) in [5.74, 6) is -1.23. The number of rotatable bonds is 3. The quantitative estimate of drug-likeness (QED) is 0.523. The first-order valence-electron chi connectivity index (χ1n) is 8.13. The molecule has 1 aliphatic rings. The number of hydrogen-bond donors (Lipinski definition) is 0. The first kappa shape index (κ1) is 16.7. The van der Waals surface area contributed by atoms with Gasteiger partial charge in [-0.2, -0.15) is 4.31 Å². The first-order valence-corrected chi connectivity index (χ1v) is 9.57. The van der Waals surface area contributed by atoms with E-state index in [9.17, 15) is 18.0 Å². The van der Waals surface area contributed by atoms with Gasteiger partial charge in [-0.3, -0.25) is 9.59 Å². The number of furan rings is 1. The molecule has 4 rings (SSSR count). The molecule has 0 fully saturated rings. The molecule has 2 aromatic carbocycles. The summed E-state index contributed by atoms with van der Waals surface area (Å²) in [5, 5.41) is 0.713. The van der Waals surface area contributed by atoms with E-state index in [4.69, 9.17) is 4.42 Å². The molecule has 0 aliphatic carbocycles. The molecule has 1 atom stereocenters. The number of benzene rings is 2. The molecule has 3 aromatic rings. The lowest BCUT2D eigenvalue weighted by Gasteiger charge is -2.32. The fourth-order valence-corrected chi connectivity index (χ4v) is 5.04. The molecule has 7 heteroatoms. The molecule has 0 saturated heterocycles. The lowest BCUT2D eigenvalue weighted by Crippen LogP contribution is -2.53. The van der Waals surface area contributed by atoms with Crippen molar-refractivity contribution in [3.05, 3.63) is 65.9 Å². The van der Waals surface area contributed by atoms with Crippen molar-refractivity contribution >= 4 is 32.6 Å². The summed E-state index contributed by atoms with van der Waals surface area (Å²) >= 11 is 0. The second-order valence-electron chi connectivity index (χ2n) is 5.98. The van der Waals surface area contributed by atoms with E-state index in [1.165, 1.54) is 18.2 Å². The van der Waals surface area contributed by atoms with Crippen LogP contribution in [0.3, 0.4) is 0 Å². The minimum absolute atomic E-state index is 0.000950. The number of carbonyl (C=O) groups is 2. The fourth-order valence-electron chi connectivity index (χ4n) is 3.28. The van der Waals surface area contributed by atoms with Crippen LogP contribution in [-0.2, 0) is 10.0 Å². The van der Waals surface area contributed by atoms with Gasteiger partial charge in [0.25, 0.3) is 0 Å². The first-order chi connectivity index (χ1) is 12.4. The largest absolute Gasteiger partial charge is 0.453 e. The van der Waals surface area contributed by atoms with Crippen LogP contribution in [0.2, 0.25) is 0 Å². The smallest absolute Gasteiger partial charge is 0.244 e. The molecule has 0 bridgehead atoms. The van der Waals surface area contributed by atoms with Crippen LogP contribution in [0, 0.1) is 0 Å². The molecule has 2 heterocycles. The minimum atomic E-state index is -3.95. The van der Waals surface area contributed by atoms with E-state index in [0.29, 0.717) is 11.0 Å². The third-order valence-corrected chi connectivity index (χ3v) is 6.50. The Morgan fingerprint density at radius 3 is 2.54 bits per heavy atom. The van der Waals surface area contributed by atoms with Crippen LogP contribution < -0.4 is 0 Å². The molecule has 0 N–H and O–H groups in total. The van der Waals surface area contributed by atoms with Crippen molar-refractivity contribution in [3.8, 4) is 0 Å². The summed E-state index contributed by atoms with van der Waals surface area (Å²) in [7, 11) is -3.95. The van der Waals surface area contributed by atoms with E-state index in [0.717, 1.165) is 4.31 Å². The maximum atomic E-state index is 13.0. The zero-order chi connectivity index (χ0) is 18.5. The van der Waals surface area contributed by atoms with Crippen LogP contribution in [0.4, 0.5) is 0 Å². The monoisotopic (exact) mass is 369 g/mol. The number of ketones is 2. The molecular formula is C19H15NO5S. The molecule has 0 amide bonds. The number of carbonyl (C=O) groups excluding carboxylic acids is 2. The normalized spacial score (nSPS) is 19.4. The summed E-state index contributed by atoms with van der Waals surface area (Å²) in [6.07, 6.45) is 0. The van der Waals surface area contributed by atoms with Crippen molar-refractivity contribution in [2.75, 3.05) is 6.54 Å². The number of nitrogens with zero attached hydrogens (tertiary/aromatic N) is 1. The number of Topliss-reactive ketones (excluding diaryl/α,β-unsaturated/α-hetero) is 2. The van der Waals surface area contributed by atoms with Gasteiger partial charge in [0.2, 0.25) is 15.8 Å². The van der Waals surface area contributed by atoms with Crippen molar-refractivity contribution in [1.29, 1.82) is 0 Å². The van der Waals surface area contributed by atoms with E-state index in [1.807, 2.05) is 0 Å². The van der Waals surface area contributed by atoms with Gasteiger partial charge in [-0.1, -0.05) is 37.3 Å². The van der Waals surface area contributed by atoms with Crippen molar-refractivity contribution in [2.45, 2.75) is 17.9 Å². The highest BCUT2D eigenvalue weighted by molar-refractivity contribution is 7.89. The maximum Gasteiger partial charge on any atom is 0.244 e. The van der Waals surface area contributed by atoms with Crippen LogP contribution in [0.15, 0.2) is 63.9 Å². The Labute approximate surface area is 150 Å². The second kappa shape index (κ2) is 5.89. The van der Waals surface area contributed by atoms with Gasteiger partial charge in [0.1, 0.15) is 5.58 Å². The Balaban J connectivity index is 1.87. The topological polar surface area (TPSA) is 84.7 Å². The van der Waals surface area contributed by atoms with Gasteiger partial charge >= 0.3 is 0 Å². The highest BCUT2D eigenvalue weighted by Crippen LogP contribution is 2.32. The summed E-state index contributed by atoms with van der Waals surface area (Å²) in [6.45, 7) is 1.59. The number of sulfonamides is 1. The second-order valence-corrected chi connectivity index (χ2v) is 7.84. The van der Waals surface area contributed by atoms with E-state index in [1.54, 1.807) is 43.3 Å². The predicted molar refractivity (Wildman–Crippen MR) is 94.7 cm³/mol. The van der Waals surface area contributed by atoms with E-state index in [-0.39, 0.29) is 22.8 Å². The van der Waals surface area contributed by atoms with Gasteiger partial charge in [0, 0.05) is 17.5 Å². The van der Waals surface area contributed by atoms with Gasteiger partial charge in [-0.15, -0.1) is 0 Å². The lowest BCUT2D eigenvalue weighted by molar-refractivity contribution is 0.0756. The highest BCUT2D eigenvalue weighted by atomic mass is 32.2. The molecule has 0 saturated carbocycles. The van der Waals surface area contributed by atoms with Crippen molar-refractivity contribution < 1.29 is 22.4 Å². The lowest BCUT2D eigenvalue weighted by atomic mass is 9.98. The molecule has 26 heavy (non-hydrogen) atoms. The van der Waals surface area contributed by atoms with E-state index < -0.39 is 27.6 Å². The molecule has 1 aromatic heterocycles. The summed E-state index contributed by atoms with van der Waals surface area (Å²) in [6, 6.07) is 13.1. The van der Waals surface area contributed by atoms with Crippen LogP contribution in [0.25, 0.3) is 11.0 Å². The Kier molecular flexibility index (Phi) is 3.78. The van der Waals surface area contributed by atoms with Crippen LogP contribution in [-0.4, -0.2) is 36.9 Å². The highest BCUT2D eigenvalue weighted by Gasteiger charge is 2.47. The average Bonchev–Trinajstić information content (AvgIpc) is 3.08. The van der Waals surface area contributed by atoms with E-state index in [2.05, 4.69) is 0 Å². The van der Waals surface area contributed by atoms with Crippen molar-refractivity contribution in [2.24, 2.45) is 0 Å². The van der Waals surface area contributed by atoms with Gasteiger partial charge in [0.05, 0.1) is 4.90 Å². The number of para-hydroxylation sites is 1. The Bertz CT molecular complexity index is 1110. The number of hydrogen-bond acceptors (Lipinski definition) is 5. The van der Waals surface area contributed by atoms with Crippen molar-refractivity contribution in [1.82, 2.24) is 4.31 Å². The minimum Gasteiger partial charge on any atom is -0.453 e. The molecule has 1 aliphatic heterocycles. The summed E-state index contributed by atoms with van der Waals surface area (Å²) in [4.78, 5) is 25.9. The Morgan fingerprint density at radius 2 is 1.81 bits per heavy atom. The van der Waals surface area contributed by atoms with Crippen LogP contribution in [0.1, 0.15) is 27.8 Å². The summed E-state index contributed by atoms with van der Waals surface area (Å²) in [5.41, 5.74) is 0.539. The number of fused-ring (bicyclic) bond motifs is 2. The van der Waals surface area contributed by atoms with Gasteiger partial charge in [0.15, 0.2) is 17.6 Å². The third kappa shape index (κ3) is 2.32. The maximum absolute atomic E-state index is 13.0. The predicted octanol–water partition coefficient (Wildman–Crippen LogP) is 2.89. The molecule has 132 valence electrons. The molecule has 0 radical (unpaired) electrons. The zero-order valence-corrected chi connectivity index (χ0v) is 14.7. The average molecular weight is 369 g/mol. The van der Waals surface area contributed by atoms with E-state index >= 15 is 0 Å². The van der Waals surface area contributed by atoms with Gasteiger partial charge in [-0.25, -0.2) is 8.42 Å². The van der Waals surface area contributed by atoms with Gasteiger partial charge in [-0.05, 0) is 24.3 Å². The standard InChI is InChI=1S/C19H15NO5S/c1-2-20-17(18(21)13-8-4-6-10-16(13)26(20,23)24)19(22)15-11-12-7-3-5-9-14(12)25-15/h3-11,17H,2H2,1H3. The van der Waals surface area contributed by atoms with Gasteiger partial charge < -0.3 is 4.42 Å². The molecule has 6 nitrogen and oxygen atoms in total. The van der Waals surface area contributed by atoms with Crippen LogP contribution in [0.5, 0.6) is 0 Å². The Hall–Kier alpha value is -2.77. The fraction of sp³-hybridized carbons (Fsp3) is 0.158. The Morgan fingerprint density at radius 1 is 1.12 bits per heavy atom. The molecular weight excluding hydrogens is 354 g/mol. The SMILES string of the molecule is CCN1C(C(=O)c2cc3ccccc3o2)C(=O)c2ccccc2S1(=O)=O. The molecule has 1 unspecified atom stereocenters. The zero-order valence-electron chi connectivity index (χ0n) is 13.9. The molecule has 0 spiro atoms. The van der Waals surface area contributed by atoms with Crippen LogP contribution >= 0.6 is 0 Å². The van der Waals surface area contributed by atoms with Crippen molar-refractivity contribution in [3.63, 3.8) is 0 Å².